The van der Waals surface area contributed by atoms with Gasteiger partial charge >= 0.3 is 0 Å². The Kier molecular flexibility index (Phi) is 4.65. The van der Waals surface area contributed by atoms with Gasteiger partial charge in [-0.15, -0.1) is 0 Å². The Bertz CT molecular complexity index is 620. The molecule has 0 spiro atoms. The van der Waals surface area contributed by atoms with Crippen LogP contribution in [0.2, 0.25) is 0 Å². The van der Waals surface area contributed by atoms with E-state index in [-0.39, 0.29) is 17.5 Å². The first kappa shape index (κ1) is 14.7. The van der Waals surface area contributed by atoms with Gasteiger partial charge in [-0.25, -0.2) is 0 Å². The van der Waals surface area contributed by atoms with Crippen molar-refractivity contribution < 1.29 is 9.59 Å². The molecule has 0 radical (unpaired) electrons. The van der Waals surface area contributed by atoms with Gasteiger partial charge in [-0.2, -0.15) is 15.4 Å². The molecular formula is C14H17N5O2. The van der Waals surface area contributed by atoms with E-state index in [1.54, 1.807) is 29.2 Å². The Labute approximate surface area is 122 Å². The van der Waals surface area contributed by atoms with Crippen molar-refractivity contribution in [3.05, 3.63) is 41.7 Å². The second-order valence-electron chi connectivity index (χ2n) is 4.37. The molecule has 1 aromatic heterocycles. The lowest BCUT2D eigenvalue weighted by atomic mass is 10.1. The van der Waals surface area contributed by atoms with Crippen LogP contribution in [0.5, 0.6) is 0 Å². The van der Waals surface area contributed by atoms with Gasteiger partial charge < -0.3 is 10.2 Å². The summed E-state index contributed by atoms with van der Waals surface area (Å²) in [6.45, 7) is 5.14. The minimum atomic E-state index is -0.379. The molecule has 0 aliphatic heterocycles. The summed E-state index contributed by atoms with van der Waals surface area (Å²) in [5, 5.41) is 12.3. The number of rotatable bonds is 5. The molecule has 110 valence electrons. The third-order valence-corrected chi connectivity index (χ3v) is 3.07. The lowest BCUT2D eigenvalue weighted by molar-refractivity contribution is 0.0772. The number of anilines is 1. The van der Waals surface area contributed by atoms with Crippen LogP contribution in [-0.4, -0.2) is 45.2 Å². The summed E-state index contributed by atoms with van der Waals surface area (Å²) in [4.78, 5) is 25.9. The molecular weight excluding hydrogens is 270 g/mol. The van der Waals surface area contributed by atoms with E-state index in [4.69, 9.17) is 0 Å². The van der Waals surface area contributed by atoms with E-state index >= 15 is 0 Å². The van der Waals surface area contributed by atoms with Crippen molar-refractivity contribution in [2.75, 3.05) is 18.4 Å². The van der Waals surface area contributed by atoms with Crippen molar-refractivity contribution >= 4 is 17.5 Å². The molecule has 0 unspecified atom stereocenters. The molecule has 0 fully saturated rings. The first-order valence-corrected chi connectivity index (χ1v) is 6.72. The number of H-pyrrole nitrogens is 1. The molecule has 21 heavy (non-hydrogen) atoms. The highest BCUT2D eigenvalue weighted by Gasteiger charge is 2.14. The average molecular weight is 287 g/mol. The molecule has 1 heterocycles. The second-order valence-corrected chi connectivity index (χ2v) is 4.37. The molecule has 0 aliphatic carbocycles. The molecule has 7 nitrogen and oxygen atoms in total. The summed E-state index contributed by atoms with van der Waals surface area (Å²) in [5.41, 5.74) is 1.27. The molecule has 0 saturated heterocycles. The predicted molar refractivity (Wildman–Crippen MR) is 78.0 cm³/mol. The lowest BCUT2D eigenvalue weighted by Gasteiger charge is -2.18. The fourth-order valence-corrected chi connectivity index (χ4v) is 1.93. The Morgan fingerprint density at radius 2 is 2.05 bits per heavy atom. The predicted octanol–water partition coefficient (Wildman–Crippen LogP) is 1.54. The van der Waals surface area contributed by atoms with Crippen molar-refractivity contribution in [3.63, 3.8) is 0 Å². The molecule has 2 N–H and O–H groups in total. The van der Waals surface area contributed by atoms with Crippen LogP contribution in [0, 0.1) is 0 Å². The van der Waals surface area contributed by atoms with E-state index in [0.717, 1.165) is 0 Å². The van der Waals surface area contributed by atoms with Gasteiger partial charge in [0.25, 0.3) is 11.8 Å². The number of hydrogen-bond donors (Lipinski definition) is 2. The molecule has 2 aromatic rings. The highest BCUT2D eigenvalue weighted by molar-refractivity contribution is 6.03. The first-order valence-electron chi connectivity index (χ1n) is 6.72. The summed E-state index contributed by atoms with van der Waals surface area (Å²) in [5.74, 6) is -0.436. The third-order valence-electron chi connectivity index (χ3n) is 3.07. The number of carbonyl (C=O) groups is 2. The number of nitrogens with one attached hydrogen (secondary N) is 2. The standard InChI is InChI=1S/C14H17N5O2/c1-3-19(4-2)14(21)10-6-5-7-11(8-10)16-13(20)12-9-15-18-17-12/h5-9H,3-4H2,1-2H3,(H,16,20)(H,15,17,18). The van der Waals surface area contributed by atoms with Gasteiger partial charge in [0, 0.05) is 24.3 Å². The number of carbonyl (C=O) groups excluding carboxylic acids is 2. The largest absolute Gasteiger partial charge is 0.339 e. The molecule has 0 saturated carbocycles. The average Bonchev–Trinajstić information content (AvgIpc) is 3.03. The summed E-state index contributed by atoms with van der Waals surface area (Å²) in [6.07, 6.45) is 1.33. The van der Waals surface area contributed by atoms with Crippen molar-refractivity contribution in [1.29, 1.82) is 0 Å². The van der Waals surface area contributed by atoms with Crippen molar-refractivity contribution in [1.82, 2.24) is 20.3 Å². The number of aromatic nitrogens is 3. The van der Waals surface area contributed by atoms with Gasteiger partial charge in [0.1, 0.15) is 0 Å². The van der Waals surface area contributed by atoms with E-state index in [1.807, 2.05) is 13.8 Å². The molecule has 0 aliphatic rings. The first-order chi connectivity index (χ1) is 10.2. The number of nitrogens with zero attached hydrogens (tertiary/aromatic N) is 3. The van der Waals surface area contributed by atoms with Gasteiger partial charge in [0.05, 0.1) is 6.20 Å². The smallest absolute Gasteiger partial charge is 0.277 e. The van der Waals surface area contributed by atoms with Gasteiger partial charge in [0.15, 0.2) is 5.69 Å². The highest BCUT2D eigenvalue weighted by atomic mass is 16.2. The molecule has 0 atom stereocenters. The highest BCUT2D eigenvalue weighted by Crippen LogP contribution is 2.13. The maximum Gasteiger partial charge on any atom is 0.277 e. The fourth-order valence-electron chi connectivity index (χ4n) is 1.93. The van der Waals surface area contributed by atoms with Crippen molar-refractivity contribution in [2.24, 2.45) is 0 Å². The van der Waals surface area contributed by atoms with Crippen LogP contribution >= 0.6 is 0 Å². The van der Waals surface area contributed by atoms with Crippen LogP contribution in [0.3, 0.4) is 0 Å². The number of benzene rings is 1. The quantitative estimate of drug-likeness (QED) is 0.872. The van der Waals surface area contributed by atoms with Crippen LogP contribution < -0.4 is 5.32 Å². The van der Waals surface area contributed by atoms with E-state index in [2.05, 4.69) is 20.7 Å². The van der Waals surface area contributed by atoms with Crippen molar-refractivity contribution in [2.45, 2.75) is 13.8 Å². The van der Waals surface area contributed by atoms with Crippen LogP contribution in [0.1, 0.15) is 34.7 Å². The second kappa shape index (κ2) is 6.65. The molecule has 1 aromatic carbocycles. The number of hydrogen-bond acceptors (Lipinski definition) is 4. The van der Waals surface area contributed by atoms with E-state index in [9.17, 15) is 9.59 Å². The van der Waals surface area contributed by atoms with Gasteiger partial charge in [0.2, 0.25) is 0 Å². The van der Waals surface area contributed by atoms with Gasteiger partial charge in [-0.3, -0.25) is 9.59 Å². The van der Waals surface area contributed by atoms with E-state index < -0.39 is 0 Å². The Morgan fingerprint density at radius 1 is 1.29 bits per heavy atom. The monoisotopic (exact) mass is 287 g/mol. The molecule has 7 heteroatoms. The topological polar surface area (TPSA) is 91.0 Å². The molecule has 2 rings (SSSR count). The van der Waals surface area contributed by atoms with Gasteiger partial charge in [-0.05, 0) is 32.0 Å². The van der Waals surface area contributed by atoms with Crippen LogP contribution in [-0.2, 0) is 0 Å². The SMILES string of the molecule is CCN(CC)C(=O)c1cccc(NC(=O)c2cn[nH]n2)c1. The van der Waals surface area contributed by atoms with Crippen LogP contribution in [0.25, 0.3) is 0 Å². The number of amides is 2. The van der Waals surface area contributed by atoms with E-state index in [1.165, 1.54) is 6.20 Å². The molecule has 0 bridgehead atoms. The summed E-state index contributed by atoms with van der Waals surface area (Å²) in [7, 11) is 0. The third kappa shape index (κ3) is 3.44. The fraction of sp³-hybridized carbons (Fsp3) is 0.286. The zero-order valence-electron chi connectivity index (χ0n) is 12.0. The van der Waals surface area contributed by atoms with Gasteiger partial charge in [-0.1, -0.05) is 6.07 Å². The summed E-state index contributed by atoms with van der Waals surface area (Å²) >= 11 is 0. The van der Waals surface area contributed by atoms with Crippen LogP contribution in [0.4, 0.5) is 5.69 Å². The Balaban J connectivity index is 2.14. The minimum Gasteiger partial charge on any atom is -0.339 e. The minimum absolute atomic E-state index is 0.0578. The Morgan fingerprint density at radius 3 is 2.67 bits per heavy atom. The maximum absolute atomic E-state index is 12.3. The lowest BCUT2D eigenvalue weighted by Crippen LogP contribution is -2.30. The maximum atomic E-state index is 12.3. The zero-order valence-corrected chi connectivity index (χ0v) is 12.0. The van der Waals surface area contributed by atoms with Crippen LogP contribution in [0.15, 0.2) is 30.5 Å². The van der Waals surface area contributed by atoms with E-state index in [0.29, 0.717) is 24.3 Å². The Hall–Kier alpha value is -2.70. The summed E-state index contributed by atoms with van der Waals surface area (Å²) < 4.78 is 0. The van der Waals surface area contributed by atoms with Crippen molar-refractivity contribution in [3.8, 4) is 0 Å². The normalized spacial score (nSPS) is 10.2. The number of aromatic amines is 1. The molecule has 2 amide bonds. The summed E-state index contributed by atoms with van der Waals surface area (Å²) in [6, 6.07) is 6.83. The zero-order chi connectivity index (χ0) is 15.2.